The number of halogens is 2. The molecule has 26 heavy (non-hydrogen) atoms. The summed E-state index contributed by atoms with van der Waals surface area (Å²) in [5.41, 5.74) is 3.96. The maximum absolute atomic E-state index is 14.2. The van der Waals surface area contributed by atoms with E-state index in [-0.39, 0.29) is 11.8 Å². The average molecular weight is 355 g/mol. The molecular formula is C20H19F2N3O. The predicted molar refractivity (Wildman–Crippen MR) is 94.9 cm³/mol. The van der Waals surface area contributed by atoms with Crippen molar-refractivity contribution in [2.24, 2.45) is 0 Å². The van der Waals surface area contributed by atoms with Crippen LogP contribution in [0.5, 0.6) is 0 Å². The molecule has 0 bridgehead atoms. The first-order valence-electron chi connectivity index (χ1n) is 8.51. The Morgan fingerprint density at radius 1 is 1.15 bits per heavy atom. The van der Waals surface area contributed by atoms with E-state index in [1.165, 1.54) is 16.8 Å². The summed E-state index contributed by atoms with van der Waals surface area (Å²) in [4.78, 5) is 2.11. The molecular weight excluding hydrogens is 336 g/mol. The standard InChI is InChI=1S/C20H19F2N3O/c1-13-4-2-3-5-17(13)20-14(9-24-11-16(26)12-24)10-25(23-20)19-7-6-15(21)8-18(19)22/h2-8,10,16,26H,9,11-12H2,1H3. The summed E-state index contributed by atoms with van der Waals surface area (Å²) in [6.07, 6.45) is 1.49. The lowest BCUT2D eigenvalue weighted by atomic mass is 10.0. The molecule has 0 atom stereocenters. The van der Waals surface area contributed by atoms with Gasteiger partial charge in [0.2, 0.25) is 0 Å². The Morgan fingerprint density at radius 2 is 1.92 bits per heavy atom. The highest BCUT2D eigenvalue weighted by atomic mass is 19.1. The van der Waals surface area contributed by atoms with Gasteiger partial charge in [-0.15, -0.1) is 0 Å². The second-order valence-electron chi connectivity index (χ2n) is 6.71. The number of hydrogen-bond donors (Lipinski definition) is 1. The lowest BCUT2D eigenvalue weighted by molar-refractivity contribution is -0.00278. The zero-order valence-corrected chi connectivity index (χ0v) is 14.4. The van der Waals surface area contributed by atoms with Crippen LogP contribution < -0.4 is 0 Å². The van der Waals surface area contributed by atoms with Crippen molar-refractivity contribution in [1.82, 2.24) is 14.7 Å². The number of aryl methyl sites for hydroxylation is 1. The van der Waals surface area contributed by atoms with Gasteiger partial charge >= 0.3 is 0 Å². The van der Waals surface area contributed by atoms with Crippen LogP contribution >= 0.6 is 0 Å². The van der Waals surface area contributed by atoms with E-state index in [1.807, 2.05) is 31.2 Å². The molecule has 3 aromatic rings. The zero-order valence-electron chi connectivity index (χ0n) is 14.4. The highest BCUT2D eigenvalue weighted by Crippen LogP contribution is 2.29. The third kappa shape index (κ3) is 3.13. The fourth-order valence-corrected chi connectivity index (χ4v) is 3.29. The fourth-order valence-electron chi connectivity index (χ4n) is 3.29. The summed E-state index contributed by atoms with van der Waals surface area (Å²) < 4.78 is 28.9. The van der Waals surface area contributed by atoms with Gasteiger partial charge in [-0.05, 0) is 24.6 Å². The SMILES string of the molecule is Cc1ccccc1-c1nn(-c2ccc(F)cc2F)cc1CN1CC(O)C1. The minimum Gasteiger partial charge on any atom is -0.390 e. The summed E-state index contributed by atoms with van der Waals surface area (Å²) in [6.45, 7) is 3.85. The van der Waals surface area contributed by atoms with Crippen LogP contribution in [0.2, 0.25) is 0 Å². The Hall–Kier alpha value is -2.57. The van der Waals surface area contributed by atoms with Crippen LogP contribution in [0.15, 0.2) is 48.7 Å². The number of aliphatic hydroxyl groups is 1. The molecule has 4 rings (SSSR count). The van der Waals surface area contributed by atoms with E-state index in [9.17, 15) is 13.9 Å². The van der Waals surface area contributed by atoms with Gasteiger partial charge in [-0.1, -0.05) is 24.3 Å². The lowest BCUT2D eigenvalue weighted by Gasteiger charge is -2.35. The summed E-state index contributed by atoms with van der Waals surface area (Å²) in [5.74, 6) is -1.28. The second kappa shape index (κ2) is 6.63. The van der Waals surface area contributed by atoms with Crippen LogP contribution in [0, 0.1) is 18.6 Å². The Labute approximate surface area is 150 Å². The second-order valence-corrected chi connectivity index (χ2v) is 6.71. The van der Waals surface area contributed by atoms with Crippen LogP contribution in [0.3, 0.4) is 0 Å². The quantitative estimate of drug-likeness (QED) is 0.781. The Kier molecular flexibility index (Phi) is 4.30. The smallest absolute Gasteiger partial charge is 0.151 e. The van der Waals surface area contributed by atoms with Gasteiger partial charge in [0.1, 0.15) is 11.5 Å². The average Bonchev–Trinajstić information content (AvgIpc) is 2.97. The molecule has 6 heteroatoms. The first-order valence-corrected chi connectivity index (χ1v) is 8.51. The van der Waals surface area contributed by atoms with Crippen molar-refractivity contribution in [2.45, 2.75) is 19.6 Å². The van der Waals surface area contributed by atoms with E-state index in [0.717, 1.165) is 28.5 Å². The summed E-state index contributed by atoms with van der Waals surface area (Å²) in [5, 5.41) is 14.1. The molecule has 1 N–H and O–H groups in total. The zero-order chi connectivity index (χ0) is 18.3. The van der Waals surface area contributed by atoms with Crippen molar-refractivity contribution >= 4 is 0 Å². The maximum atomic E-state index is 14.2. The van der Waals surface area contributed by atoms with E-state index in [1.54, 1.807) is 6.20 Å². The Balaban J connectivity index is 1.78. The maximum Gasteiger partial charge on any atom is 0.151 e. The highest BCUT2D eigenvalue weighted by Gasteiger charge is 2.26. The van der Waals surface area contributed by atoms with Crippen LogP contribution in [0.1, 0.15) is 11.1 Å². The van der Waals surface area contributed by atoms with E-state index in [0.29, 0.717) is 19.6 Å². The van der Waals surface area contributed by atoms with Crippen molar-refractivity contribution in [3.8, 4) is 16.9 Å². The van der Waals surface area contributed by atoms with Crippen molar-refractivity contribution in [3.05, 3.63) is 71.4 Å². The van der Waals surface area contributed by atoms with Gasteiger partial charge in [0.05, 0.1) is 11.8 Å². The number of likely N-dealkylation sites (tertiary alicyclic amines) is 1. The highest BCUT2D eigenvalue weighted by molar-refractivity contribution is 5.67. The molecule has 0 amide bonds. The Morgan fingerprint density at radius 3 is 2.62 bits per heavy atom. The summed E-state index contributed by atoms with van der Waals surface area (Å²) >= 11 is 0. The molecule has 1 saturated heterocycles. The van der Waals surface area contributed by atoms with Gasteiger partial charge < -0.3 is 5.11 Å². The molecule has 0 unspecified atom stereocenters. The van der Waals surface area contributed by atoms with Crippen molar-refractivity contribution < 1.29 is 13.9 Å². The molecule has 2 aromatic carbocycles. The number of hydrogen-bond acceptors (Lipinski definition) is 3. The molecule has 4 nitrogen and oxygen atoms in total. The first kappa shape index (κ1) is 16.9. The number of nitrogens with zero attached hydrogens (tertiary/aromatic N) is 3. The molecule has 2 heterocycles. The van der Waals surface area contributed by atoms with Crippen molar-refractivity contribution in [3.63, 3.8) is 0 Å². The molecule has 134 valence electrons. The molecule has 0 radical (unpaired) electrons. The predicted octanol–water partition coefficient (Wildman–Crippen LogP) is 3.30. The number of benzene rings is 2. The van der Waals surface area contributed by atoms with Gasteiger partial charge in [0.25, 0.3) is 0 Å². The number of rotatable bonds is 4. The molecule has 1 aliphatic rings. The molecule has 0 saturated carbocycles. The topological polar surface area (TPSA) is 41.3 Å². The van der Waals surface area contributed by atoms with Crippen LogP contribution in [0.4, 0.5) is 8.78 Å². The van der Waals surface area contributed by atoms with Crippen LogP contribution in [-0.2, 0) is 6.54 Å². The van der Waals surface area contributed by atoms with Gasteiger partial charge in [0.15, 0.2) is 5.82 Å². The monoisotopic (exact) mass is 355 g/mol. The number of aromatic nitrogens is 2. The van der Waals surface area contributed by atoms with Gasteiger partial charge in [-0.2, -0.15) is 5.10 Å². The molecule has 1 aliphatic heterocycles. The normalized spacial score (nSPS) is 15.2. The summed E-state index contributed by atoms with van der Waals surface area (Å²) in [6, 6.07) is 11.4. The van der Waals surface area contributed by atoms with Gasteiger partial charge in [-0.3, -0.25) is 4.90 Å². The van der Waals surface area contributed by atoms with Crippen molar-refractivity contribution in [1.29, 1.82) is 0 Å². The largest absolute Gasteiger partial charge is 0.390 e. The number of aliphatic hydroxyl groups excluding tert-OH is 1. The molecule has 0 spiro atoms. The Bertz CT molecular complexity index is 948. The number of β-amino-alcohol motifs (C(OH)–C–C–N with tert-alkyl or cyclic N) is 1. The third-order valence-corrected chi connectivity index (χ3v) is 4.68. The molecule has 1 fully saturated rings. The minimum absolute atomic E-state index is 0.205. The third-order valence-electron chi connectivity index (χ3n) is 4.68. The molecule has 0 aliphatic carbocycles. The molecule has 1 aromatic heterocycles. The van der Waals surface area contributed by atoms with Gasteiger partial charge in [-0.25, -0.2) is 13.5 Å². The van der Waals surface area contributed by atoms with Crippen LogP contribution in [0.25, 0.3) is 16.9 Å². The van der Waals surface area contributed by atoms with Crippen molar-refractivity contribution in [2.75, 3.05) is 13.1 Å². The fraction of sp³-hybridized carbons (Fsp3) is 0.250. The lowest BCUT2D eigenvalue weighted by Crippen LogP contribution is -2.49. The van der Waals surface area contributed by atoms with Crippen LogP contribution in [-0.4, -0.2) is 39.0 Å². The van der Waals surface area contributed by atoms with E-state index < -0.39 is 11.6 Å². The van der Waals surface area contributed by atoms with Gasteiger partial charge in [0, 0.05) is 43.0 Å². The van der Waals surface area contributed by atoms with E-state index in [4.69, 9.17) is 0 Å². The van der Waals surface area contributed by atoms with E-state index in [2.05, 4.69) is 10.00 Å². The summed E-state index contributed by atoms with van der Waals surface area (Å²) in [7, 11) is 0. The van der Waals surface area contributed by atoms with E-state index >= 15 is 0 Å². The first-order chi connectivity index (χ1) is 12.5. The minimum atomic E-state index is -0.658.